The van der Waals surface area contributed by atoms with Crippen LogP contribution >= 0.6 is 0 Å². The monoisotopic (exact) mass is 852 g/mol. The highest BCUT2D eigenvalue weighted by Crippen LogP contribution is 2.51. The van der Waals surface area contributed by atoms with Crippen LogP contribution in [0.2, 0.25) is 12.1 Å². The van der Waals surface area contributed by atoms with Crippen LogP contribution in [0.15, 0.2) is 71.8 Å². The Hall–Kier alpha value is -4.26. The molecule has 0 nitrogen and oxygen atoms in total. The van der Waals surface area contributed by atoms with Crippen LogP contribution in [0, 0.1) is 0 Å². The van der Waals surface area contributed by atoms with E-state index >= 15 is 0 Å². The fraction of sp³-hybridized carbons (Fsp3) is 0.391. The van der Waals surface area contributed by atoms with Gasteiger partial charge in [-0.25, -0.2) is 0 Å². The predicted molar refractivity (Wildman–Crippen MR) is 212 cm³/mol. The predicted octanol–water partition coefficient (Wildman–Crippen LogP) is 15.5. The van der Waals surface area contributed by atoms with Crippen LogP contribution in [0.1, 0.15) is 121 Å². The first-order chi connectivity index (χ1) is 27.6. The second-order valence-corrected chi connectivity index (χ2v) is 17.3. The van der Waals surface area contributed by atoms with Gasteiger partial charge in [-0.1, -0.05) is 100 Å². The minimum atomic E-state index is -5.00. The third-order valence-corrected chi connectivity index (χ3v) is 13.6. The van der Waals surface area contributed by atoms with E-state index in [9.17, 15) is 52.7 Å². The third-order valence-electron chi connectivity index (χ3n) is 11.6. The maximum atomic E-state index is 14.0. The van der Waals surface area contributed by atoms with Gasteiger partial charge in [0, 0.05) is 21.4 Å². The fourth-order valence-corrected chi connectivity index (χ4v) is 11.4. The first-order valence-corrected chi connectivity index (χ1v) is 21.9. The van der Waals surface area contributed by atoms with Crippen LogP contribution in [-0.2, 0) is 37.5 Å². The lowest BCUT2D eigenvalue weighted by Crippen LogP contribution is -2.12. The molecular weight excluding hydrogens is 809 g/mol. The van der Waals surface area contributed by atoms with Gasteiger partial charge in [-0.15, -0.1) is 0 Å². The Balaban J connectivity index is 1.38. The van der Waals surface area contributed by atoms with Crippen molar-refractivity contribution in [3.8, 4) is 22.3 Å². The first kappa shape index (κ1) is 44.3. The number of aryl methyl sites for hydroxylation is 2. The Morgan fingerprint density at radius 1 is 0.458 bits per heavy atom. The zero-order chi connectivity index (χ0) is 43.2. The Bertz CT molecular complexity index is 2040. The molecule has 2 unspecified atom stereocenters. The standard InChI is InChI=1S/C46H44F12Si/c1-5-9-27-19-37-35(13-11-25(7-3)41(37)29-15-31(43(47,48)49)21-32(16-29)44(50,51)52)39(27)23-59-24-40-28(10-6-2)20-38-36(40)14-12-26(8-4)42(38)30-17-33(45(53,54)55)22-34(18-30)46(56,57)58/h11-22,39-40H,5-10,23-24,59H2,1-4H3. The van der Waals surface area contributed by atoms with Gasteiger partial charge >= 0.3 is 24.7 Å². The summed E-state index contributed by atoms with van der Waals surface area (Å²) in [4.78, 5) is 0. The number of alkyl halides is 12. The summed E-state index contributed by atoms with van der Waals surface area (Å²) in [6, 6.07) is 12.4. The third kappa shape index (κ3) is 9.10. The lowest BCUT2D eigenvalue weighted by atomic mass is 9.87. The average Bonchev–Trinajstić information content (AvgIpc) is 3.69. The quantitative estimate of drug-likeness (QED) is 0.0984. The Labute approximate surface area is 338 Å². The molecule has 316 valence electrons. The summed E-state index contributed by atoms with van der Waals surface area (Å²) in [5.41, 5.74) is 1.27. The van der Waals surface area contributed by atoms with Crippen molar-refractivity contribution in [1.29, 1.82) is 0 Å². The van der Waals surface area contributed by atoms with E-state index < -0.39 is 56.5 Å². The summed E-state index contributed by atoms with van der Waals surface area (Å²) in [6.45, 7) is 7.61. The van der Waals surface area contributed by atoms with Crippen molar-refractivity contribution < 1.29 is 52.7 Å². The van der Waals surface area contributed by atoms with Crippen LogP contribution in [0.3, 0.4) is 0 Å². The molecule has 0 amide bonds. The maximum absolute atomic E-state index is 14.0. The Morgan fingerprint density at radius 2 is 0.780 bits per heavy atom. The highest BCUT2D eigenvalue weighted by Gasteiger charge is 2.40. The molecule has 0 saturated carbocycles. The van der Waals surface area contributed by atoms with Gasteiger partial charge in [0.1, 0.15) is 0 Å². The summed E-state index contributed by atoms with van der Waals surface area (Å²) in [5, 5.41) is 0. The van der Waals surface area contributed by atoms with Crippen molar-refractivity contribution in [2.45, 2.75) is 115 Å². The lowest BCUT2D eigenvalue weighted by Gasteiger charge is -2.22. The minimum Gasteiger partial charge on any atom is -0.166 e. The zero-order valence-corrected chi connectivity index (χ0v) is 34.4. The average molecular weight is 853 g/mol. The molecular formula is C46H44F12Si. The van der Waals surface area contributed by atoms with Gasteiger partial charge in [0.2, 0.25) is 0 Å². The van der Waals surface area contributed by atoms with Crippen molar-refractivity contribution in [2.75, 3.05) is 0 Å². The van der Waals surface area contributed by atoms with Crippen molar-refractivity contribution in [3.63, 3.8) is 0 Å². The largest absolute Gasteiger partial charge is 0.416 e. The first-order valence-electron chi connectivity index (χ1n) is 19.9. The second kappa shape index (κ2) is 16.7. The van der Waals surface area contributed by atoms with E-state index in [2.05, 4.69) is 0 Å². The fourth-order valence-electron chi connectivity index (χ4n) is 9.00. The van der Waals surface area contributed by atoms with Crippen molar-refractivity contribution in [3.05, 3.63) is 127 Å². The Kier molecular flexibility index (Phi) is 12.5. The number of halogens is 12. The van der Waals surface area contributed by atoms with Crippen LogP contribution in [-0.4, -0.2) is 9.52 Å². The van der Waals surface area contributed by atoms with E-state index in [1.54, 1.807) is 26.0 Å². The second-order valence-electron chi connectivity index (χ2n) is 15.5. The van der Waals surface area contributed by atoms with E-state index in [0.717, 1.165) is 71.5 Å². The number of rotatable bonds is 12. The highest BCUT2D eigenvalue weighted by molar-refractivity contribution is 6.36. The van der Waals surface area contributed by atoms with E-state index in [4.69, 9.17) is 0 Å². The Morgan fingerprint density at radius 3 is 1.05 bits per heavy atom. The molecule has 4 aromatic rings. The zero-order valence-electron chi connectivity index (χ0n) is 33.0. The molecule has 2 atom stereocenters. The molecule has 0 saturated heterocycles. The van der Waals surface area contributed by atoms with E-state index in [0.29, 0.717) is 59.1 Å². The van der Waals surface area contributed by atoms with Gasteiger partial charge < -0.3 is 0 Å². The van der Waals surface area contributed by atoms with Gasteiger partial charge in [-0.2, -0.15) is 52.7 Å². The van der Waals surface area contributed by atoms with Crippen LogP contribution < -0.4 is 0 Å². The summed E-state index contributed by atoms with van der Waals surface area (Å²) in [5.74, 6) is -0.199. The smallest absolute Gasteiger partial charge is 0.166 e. The topological polar surface area (TPSA) is 0 Å². The van der Waals surface area contributed by atoms with Gasteiger partial charge in [-0.05, 0) is 118 Å². The molecule has 0 radical (unpaired) electrons. The SMILES string of the molecule is CCCC1=Cc2c(ccc(CC)c2-c2cc(C(F)(F)F)cc(C(F)(F)F)c2)C1C[SiH2]CC1C(CCC)=Cc2c1ccc(CC)c2-c1cc(C(F)(F)F)cc(C(F)(F)F)c1. The van der Waals surface area contributed by atoms with E-state index in [-0.39, 0.29) is 35.1 Å². The number of hydrogen-bond donors (Lipinski definition) is 0. The van der Waals surface area contributed by atoms with Crippen molar-refractivity contribution >= 4 is 21.7 Å². The van der Waals surface area contributed by atoms with E-state index in [1.807, 2.05) is 38.1 Å². The molecule has 4 aromatic carbocycles. The summed E-state index contributed by atoms with van der Waals surface area (Å²) in [7, 11) is -0.981. The van der Waals surface area contributed by atoms with E-state index in [1.165, 1.54) is 0 Å². The van der Waals surface area contributed by atoms with Crippen LogP contribution in [0.25, 0.3) is 34.4 Å². The van der Waals surface area contributed by atoms with Crippen LogP contribution in [0.5, 0.6) is 0 Å². The molecule has 0 aliphatic heterocycles. The van der Waals surface area contributed by atoms with Gasteiger partial charge in [0.05, 0.1) is 22.3 Å². The van der Waals surface area contributed by atoms with Crippen molar-refractivity contribution in [2.24, 2.45) is 0 Å². The summed E-state index contributed by atoms with van der Waals surface area (Å²) >= 11 is 0. The molecule has 2 aliphatic carbocycles. The summed E-state index contributed by atoms with van der Waals surface area (Å²) < 4.78 is 168. The molecule has 0 heterocycles. The molecule has 13 heteroatoms. The molecule has 0 aromatic heterocycles. The normalized spacial score (nSPS) is 17.2. The molecule has 0 N–H and O–H groups in total. The van der Waals surface area contributed by atoms with Gasteiger partial charge in [0.15, 0.2) is 0 Å². The van der Waals surface area contributed by atoms with Gasteiger partial charge in [0.25, 0.3) is 0 Å². The number of hydrogen-bond acceptors (Lipinski definition) is 0. The van der Waals surface area contributed by atoms with Crippen molar-refractivity contribution in [1.82, 2.24) is 0 Å². The number of allylic oxidation sites excluding steroid dienone is 2. The van der Waals surface area contributed by atoms with Crippen LogP contribution in [0.4, 0.5) is 52.7 Å². The summed E-state index contributed by atoms with van der Waals surface area (Å²) in [6.07, 6.45) is -12.5. The molecule has 0 bridgehead atoms. The molecule has 0 fully saturated rings. The molecule has 0 spiro atoms. The number of benzene rings is 4. The molecule has 6 rings (SSSR count). The highest BCUT2D eigenvalue weighted by atomic mass is 28.2. The van der Waals surface area contributed by atoms with Gasteiger partial charge in [-0.3, -0.25) is 0 Å². The number of fused-ring (bicyclic) bond motifs is 2. The minimum absolute atomic E-state index is 0.0995. The molecule has 2 aliphatic rings. The lowest BCUT2D eigenvalue weighted by molar-refractivity contribution is -0.144. The maximum Gasteiger partial charge on any atom is 0.416 e. The molecule has 59 heavy (non-hydrogen) atoms.